The van der Waals surface area contributed by atoms with Gasteiger partial charge in [0.2, 0.25) is 0 Å². The van der Waals surface area contributed by atoms with E-state index in [1.165, 1.54) is 6.33 Å². The average molecular weight is 259 g/mol. The molecule has 1 heterocycles. The van der Waals surface area contributed by atoms with Crippen LogP contribution in [0, 0.1) is 0 Å². The minimum absolute atomic E-state index is 0.0584. The summed E-state index contributed by atoms with van der Waals surface area (Å²) in [5.41, 5.74) is 12.5. The van der Waals surface area contributed by atoms with Crippen molar-refractivity contribution in [3.05, 3.63) is 52.6 Å². The molecule has 0 fully saturated rings. The van der Waals surface area contributed by atoms with E-state index in [0.717, 1.165) is 12.0 Å². The third-order valence-electron chi connectivity index (χ3n) is 2.86. The van der Waals surface area contributed by atoms with Crippen molar-refractivity contribution in [2.45, 2.75) is 12.5 Å². The van der Waals surface area contributed by atoms with Crippen LogP contribution in [0.15, 0.2) is 41.5 Å². The van der Waals surface area contributed by atoms with Crippen molar-refractivity contribution in [3.8, 4) is 0 Å². The molecule has 6 heteroatoms. The topological polar surface area (TPSA) is 110 Å². The SMILES string of the molecule is Nc1c(NCCC(N)c2ccccc2)nc[nH]c1=O. The number of anilines is 2. The molecular formula is C13H17N5O. The molecule has 2 aromatic rings. The summed E-state index contributed by atoms with van der Waals surface area (Å²) in [4.78, 5) is 17.7. The summed E-state index contributed by atoms with van der Waals surface area (Å²) in [6, 6.07) is 9.79. The Morgan fingerprint density at radius 2 is 2.05 bits per heavy atom. The summed E-state index contributed by atoms with van der Waals surface area (Å²) in [5.74, 6) is 0.393. The number of nitrogens with two attached hydrogens (primary N) is 2. The van der Waals surface area contributed by atoms with Gasteiger partial charge in [-0.2, -0.15) is 0 Å². The second-order valence-electron chi connectivity index (χ2n) is 4.23. The lowest BCUT2D eigenvalue weighted by atomic mass is 10.1. The Morgan fingerprint density at radius 1 is 1.32 bits per heavy atom. The normalized spacial score (nSPS) is 12.1. The molecule has 6 N–H and O–H groups in total. The lowest BCUT2D eigenvalue weighted by Gasteiger charge is -2.13. The van der Waals surface area contributed by atoms with Gasteiger partial charge in [0.25, 0.3) is 5.56 Å². The van der Waals surface area contributed by atoms with Gasteiger partial charge in [0.15, 0.2) is 5.82 Å². The summed E-state index contributed by atoms with van der Waals surface area (Å²) in [6.45, 7) is 0.594. The Labute approximate surface area is 110 Å². The van der Waals surface area contributed by atoms with E-state index >= 15 is 0 Å². The Kier molecular flexibility index (Phi) is 4.15. The first-order chi connectivity index (χ1) is 9.18. The molecule has 6 nitrogen and oxygen atoms in total. The number of hydrogen-bond donors (Lipinski definition) is 4. The first-order valence-corrected chi connectivity index (χ1v) is 6.06. The number of H-pyrrole nitrogens is 1. The van der Waals surface area contributed by atoms with Crippen LogP contribution in [0.25, 0.3) is 0 Å². The van der Waals surface area contributed by atoms with Crippen molar-refractivity contribution >= 4 is 11.5 Å². The highest BCUT2D eigenvalue weighted by Gasteiger charge is 2.07. The monoisotopic (exact) mass is 259 g/mol. The molecule has 0 saturated heterocycles. The molecule has 0 spiro atoms. The van der Waals surface area contributed by atoms with E-state index in [0.29, 0.717) is 12.4 Å². The van der Waals surface area contributed by atoms with Crippen molar-refractivity contribution < 1.29 is 0 Å². The zero-order valence-corrected chi connectivity index (χ0v) is 10.5. The Hall–Kier alpha value is -2.34. The van der Waals surface area contributed by atoms with Crippen LogP contribution in [-0.2, 0) is 0 Å². The second kappa shape index (κ2) is 6.01. The molecule has 19 heavy (non-hydrogen) atoms. The predicted octanol–water partition coefficient (Wildman–Crippen LogP) is 0.854. The number of aromatic nitrogens is 2. The molecule has 1 unspecified atom stereocenters. The molecule has 100 valence electrons. The van der Waals surface area contributed by atoms with Crippen LogP contribution >= 0.6 is 0 Å². The van der Waals surface area contributed by atoms with E-state index < -0.39 is 0 Å². The first-order valence-electron chi connectivity index (χ1n) is 6.06. The van der Waals surface area contributed by atoms with Crippen molar-refractivity contribution in [1.29, 1.82) is 0 Å². The fraction of sp³-hybridized carbons (Fsp3) is 0.231. The minimum Gasteiger partial charge on any atom is -0.391 e. The highest BCUT2D eigenvalue weighted by Crippen LogP contribution is 2.14. The summed E-state index contributed by atoms with van der Waals surface area (Å²) >= 11 is 0. The molecule has 2 rings (SSSR count). The Bertz CT molecular complexity index is 581. The first kappa shape index (κ1) is 13.1. The van der Waals surface area contributed by atoms with E-state index in [4.69, 9.17) is 11.5 Å². The molecule has 0 amide bonds. The van der Waals surface area contributed by atoms with Gasteiger partial charge in [-0.1, -0.05) is 30.3 Å². The van der Waals surface area contributed by atoms with Crippen LogP contribution in [0.1, 0.15) is 18.0 Å². The maximum absolute atomic E-state index is 11.3. The van der Waals surface area contributed by atoms with E-state index in [1.807, 2.05) is 30.3 Å². The highest BCUT2D eigenvalue weighted by molar-refractivity contribution is 5.58. The van der Waals surface area contributed by atoms with E-state index in [-0.39, 0.29) is 17.3 Å². The van der Waals surface area contributed by atoms with Gasteiger partial charge in [-0.05, 0) is 12.0 Å². The van der Waals surface area contributed by atoms with Gasteiger partial charge in [-0.25, -0.2) is 4.98 Å². The lowest BCUT2D eigenvalue weighted by Crippen LogP contribution is -2.19. The molecule has 0 aliphatic rings. The zero-order chi connectivity index (χ0) is 13.7. The number of nitrogens with one attached hydrogen (secondary N) is 2. The standard InChI is InChI=1S/C13H17N5O/c14-10(9-4-2-1-3-5-9)6-7-16-12-11(15)13(19)18-8-17-12/h1-5,8,10H,6-7,14-15H2,(H2,16,17,18,19). The van der Waals surface area contributed by atoms with E-state index in [2.05, 4.69) is 15.3 Å². The Balaban J connectivity index is 1.90. The number of rotatable bonds is 5. The van der Waals surface area contributed by atoms with Crippen LogP contribution in [0.2, 0.25) is 0 Å². The maximum atomic E-state index is 11.3. The summed E-state index contributed by atoms with van der Waals surface area (Å²) in [7, 11) is 0. The van der Waals surface area contributed by atoms with E-state index in [9.17, 15) is 4.79 Å². The third-order valence-corrected chi connectivity index (χ3v) is 2.86. The smallest absolute Gasteiger partial charge is 0.276 e. The van der Waals surface area contributed by atoms with E-state index in [1.54, 1.807) is 0 Å². The largest absolute Gasteiger partial charge is 0.391 e. The van der Waals surface area contributed by atoms with Crippen LogP contribution in [0.4, 0.5) is 11.5 Å². The number of hydrogen-bond acceptors (Lipinski definition) is 5. The van der Waals surface area contributed by atoms with Crippen LogP contribution in [-0.4, -0.2) is 16.5 Å². The van der Waals surface area contributed by atoms with Gasteiger partial charge in [0.05, 0.1) is 6.33 Å². The van der Waals surface area contributed by atoms with Crippen molar-refractivity contribution in [2.75, 3.05) is 17.6 Å². The van der Waals surface area contributed by atoms with Gasteiger partial charge in [-0.3, -0.25) is 4.79 Å². The fourth-order valence-electron chi connectivity index (χ4n) is 1.76. The molecule has 1 aromatic carbocycles. The van der Waals surface area contributed by atoms with Gasteiger partial charge >= 0.3 is 0 Å². The number of nitrogen functional groups attached to an aromatic ring is 1. The molecule has 0 saturated carbocycles. The van der Waals surface area contributed by atoms with Crippen molar-refractivity contribution in [2.24, 2.45) is 5.73 Å². The van der Waals surface area contributed by atoms with Crippen molar-refractivity contribution in [1.82, 2.24) is 9.97 Å². The average Bonchev–Trinajstić information content (AvgIpc) is 2.44. The molecule has 1 atom stereocenters. The van der Waals surface area contributed by atoms with Crippen LogP contribution in [0.3, 0.4) is 0 Å². The number of nitrogens with zero attached hydrogens (tertiary/aromatic N) is 1. The number of aromatic amines is 1. The summed E-state index contributed by atoms with van der Waals surface area (Å²) in [6.07, 6.45) is 2.04. The van der Waals surface area contributed by atoms with Crippen LogP contribution in [0.5, 0.6) is 0 Å². The molecule has 1 aromatic heterocycles. The highest BCUT2D eigenvalue weighted by atomic mass is 16.1. The molecular weight excluding hydrogens is 242 g/mol. The fourth-order valence-corrected chi connectivity index (χ4v) is 1.76. The maximum Gasteiger partial charge on any atom is 0.276 e. The zero-order valence-electron chi connectivity index (χ0n) is 10.5. The van der Waals surface area contributed by atoms with Crippen molar-refractivity contribution in [3.63, 3.8) is 0 Å². The number of benzene rings is 1. The predicted molar refractivity (Wildman–Crippen MR) is 75.7 cm³/mol. The van der Waals surface area contributed by atoms with Gasteiger partial charge < -0.3 is 21.8 Å². The third kappa shape index (κ3) is 3.32. The molecule has 0 aliphatic carbocycles. The minimum atomic E-state index is -0.343. The summed E-state index contributed by atoms with van der Waals surface area (Å²) < 4.78 is 0. The van der Waals surface area contributed by atoms with Gasteiger partial charge in [0.1, 0.15) is 5.69 Å². The van der Waals surface area contributed by atoms with Gasteiger partial charge in [-0.15, -0.1) is 0 Å². The molecule has 0 radical (unpaired) electrons. The summed E-state index contributed by atoms with van der Waals surface area (Å²) in [5, 5.41) is 3.02. The second-order valence-corrected chi connectivity index (χ2v) is 4.23. The quantitative estimate of drug-likeness (QED) is 0.636. The van der Waals surface area contributed by atoms with Crippen LogP contribution < -0.4 is 22.3 Å². The lowest BCUT2D eigenvalue weighted by molar-refractivity contribution is 0.674. The molecule has 0 aliphatic heterocycles. The van der Waals surface area contributed by atoms with Gasteiger partial charge in [0, 0.05) is 12.6 Å². The molecule has 0 bridgehead atoms. The Morgan fingerprint density at radius 3 is 2.79 bits per heavy atom.